The molecule has 3 aromatic rings. The van der Waals surface area contributed by atoms with E-state index in [1.54, 1.807) is 30.5 Å². The Balaban J connectivity index is 1.37. The molecule has 6 heteroatoms. The van der Waals surface area contributed by atoms with Crippen molar-refractivity contribution in [2.24, 2.45) is 0 Å². The molecule has 0 aliphatic carbocycles. The molecule has 0 unspecified atom stereocenters. The molecular formula is C25H24FN3O2. The molecule has 31 heavy (non-hydrogen) atoms. The summed E-state index contributed by atoms with van der Waals surface area (Å²) in [7, 11) is 0. The Kier molecular flexibility index (Phi) is 6.26. The van der Waals surface area contributed by atoms with Crippen LogP contribution in [0.25, 0.3) is 6.08 Å². The van der Waals surface area contributed by atoms with Gasteiger partial charge < -0.3 is 15.0 Å². The van der Waals surface area contributed by atoms with Crippen LogP contribution < -0.4 is 15.0 Å². The molecule has 1 amide bonds. The number of aromatic nitrogens is 1. The van der Waals surface area contributed by atoms with Gasteiger partial charge in [0.25, 0.3) is 0 Å². The summed E-state index contributed by atoms with van der Waals surface area (Å²) in [5.74, 6) is -0.234. The highest BCUT2D eigenvalue weighted by Crippen LogP contribution is 2.27. The van der Waals surface area contributed by atoms with E-state index >= 15 is 0 Å². The quantitative estimate of drug-likeness (QED) is 0.533. The highest BCUT2D eigenvalue weighted by Gasteiger charge is 2.14. The highest BCUT2D eigenvalue weighted by molar-refractivity contribution is 6.02. The minimum atomic E-state index is -0.514. The highest BCUT2D eigenvalue weighted by atomic mass is 19.1. The molecule has 0 saturated carbocycles. The predicted octanol–water partition coefficient (Wildman–Crippen LogP) is 5.57. The Morgan fingerprint density at radius 3 is 2.71 bits per heavy atom. The SMILES string of the molecule is Cc1cc(NC(=O)/C=C/c2ccc(Oc3cccnc3)c(F)c2)ccc1N1CCCC1. The van der Waals surface area contributed by atoms with Crippen LogP contribution in [0.2, 0.25) is 0 Å². The second kappa shape index (κ2) is 9.43. The fraction of sp³-hybridized carbons (Fsp3) is 0.200. The molecule has 4 rings (SSSR count). The Labute approximate surface area is 181 Å². The number of halogens is 1. The van der Waals surface area contributed by atoms with E-state index in [2.05, 4.69) is 28.2 Å². The summed E-state index contributed by atoms with van der Waals surface area (Å²) in [6, 6.07) is 13.9. The van der Waals surface area contributed by atoms with Gasteiger partial charge in [-0.25, -0.2) is 4.39 Å². The number of carbonyl (C=O) groups excluding carboxylic acids is 1. The van der Waals surface area contributed by atoms with Gasteiger partial charge in [-0.15, -0.1) is 0 Å². The molecule has 0 spiro atoms. The van der Waals surface area contributed by atoms with Crippen molar-refractivity contribution in [2.75, 3.05) is 23.3 Å². The Morgan fingerprint density at radius 1 is 1.16 bits per heavy atom. The average Bonchev–Trinajstić information content (AvgIpc) is 3.29. The normalized spacial score (nSPS) is 13.5. The van der Waals surface area contributed by atoms with Crippen LogP contribution in [0.5, 0.6) is 11.5 Å². The van der Waals surface area contributed by atoms with Gasteiger partial charge in [0.1, 0.15) is 5.75 Å². The third-order valence-electron chi connectivity index (χ3n) is 5.16. The number of anilines is 2. The van der Waals surface area contributed by atoms with Crippen LogP contribution in [-0.2, 0) is 4.79 Å². The van der Waals surface area contributed by atoms with E-state index < -0.39 is 5.82 Å². The number of nitrogens with one attached hydrogen (secondary N) is 1. The van der Waals surface area contributed by atoms with Gasteiger partial charge in [-0.3, -0.25) is 9.78 Å². The first-order valence-electron chi connectivity index (χ1n) is 10.3. The Bertz CT molecular complexity index is 1090. The Morgan fingerprint density at radius 2 is 2.00 bits per heavy atom. The van der Waals surface area contributed by atoms with Crippen molar-refractivity contribution >= 4 is 23.4 Å². The number of ether oxygens (including phenoxy) is 1. The lowest BCUT2D eigenvalue weighted by Crippen LogP contribution is -2.18. The van der Waals surface area contributed by atoms with Crippen LogP contribution in [0.1, 0.15) is 24.0 Å². The lowest BCUT2D eigenvalue weighted by molar-refractivity contribution is -0.111. The molecule has 1 N–H and O–H groups in total. The van der Waals surface area contributed by atoms with Gasteiger partial charge in [0.2, 0.25) is 5.91 Å². The number of hydrogen-bond acceptors (Lipinski definition) is 4. The summed E-state index contributed by atoms with van der Waals surface area (Å²) in [6.45, 7) is 4.22. The second-order valence-corrected chi connectivity index (χ2v) is 7.50. The molecule has 5 nitrogen and oxygen atoms in total. The lowest BCUT2D eigenvalue weighted by atomic mass is 10.1. The van der Waals surface area contributed by atoms with Crippen molar-refractivity contribution in [2.45, 2.75) is 19.8 Å². The van der Waals surface area contributed by atoms with Crippen molar-refractivity contribution in [3.05, 3.63) is 83.9 Å². The van der Waals surface area contributed by atoms with Crippen molar-refractivity contribution in [1.82, 2.24) is 4.98 Å². The number of rotatable bonds is 6. The standard InChI is InChI=1S/C25H24FN3O2/c1-18-15-20(8-9-23(18)29-13-2-3-14-29)28-25(30)11-7-19-6-10-24(22(26)16-19)31-21-5-4-12-27-17-21/h4-12,15-17H,2-3,13-14H2,1H3,(H,28,30)/b11-7+. The van der Waals surface area contributed by atoms with Crippen molar-refractivity contribution in [1.29, 1.82) is 0 Å². The fourth-order valence-corrected chi connectivity index (χ4v) is 3.64. The number of amides is 1. The van der Waals surface area contributed by atoms with Gasteiger partial charge in [-0.05, 0) is 79.4 Å². The van der Waals surface area contributed by atoms with Gasteiger partial charge >= 0.3 is 0 Å². The summed E-state index contributed by atoms with van der Waals surface area (Å²) in [5, 5.41) is 2.86. The van der Waals surface area contributed by atoms with Crippen LogP contribution in [0.3, 0.4) is 0 Å². The molecule has 2 heterocycles. The molecule has 1 aliphatic rings. The van der Waals surface area contributed by atoms with E-state index in [-0.39, 0.29) is 11.7 Å². The minimum Gasteiger partial charge on any atom is -0.453 e. The number of carbonyl (C=O) groups is 1. The molecule has 1 aliphatic heterocycles. The molecule has 1 fully saturated rings. The first-order chi connectivity index (χ1) is 15.1. The number of benzene rings is 2. The molecule has 1 saturated heterocycles. The first kappa shape index (κ1) is 20.6. The summed E-state index contributed by atoms with van der Waals surface area (Å²) in [4.78, 5) is 18.6. The van der Waals surface area contributed by atoms with Gasteiger partial charge in [-0.1, -0.05) is 6.07 Å². The molecular weight excluding hydrogens is 393 g/mol. The number of pyridine rings is 1. The monoisotopic (exact) mass is 417 g/mol. The summed E-state index contributed by atoms with van der Waals surface area (Å²) in [6.07, 6.45) is 8.53. The summed E-state index contributed by atoms with van der Waals surface area (Å²) in [5.41, 5.74) is 3.65. The third-order valence-corrected chi connectivity index (χ3v) is 5.16. The fourth-order valence-electron chi connectivity index (χ4n) is 3.64. The maximum Gasteiger partial charge on any atom is 0.248 e. The van der Waals surface area contributed by atoms with E-state index in [4.69, 9.17) is 4.74 Å². The summed E-state index contributed by atoms with van der Waals surface area (Å²) >= 11 is 0. The second-order valence-electron chi connectivity index (χ2n) is 7.50. The molecule has 0 radical (unpaired) electrons. The van der Waals surface area contributed by atoms with Crippen LogP contribution in [0, 0.1) is 12.7 Å². The van der Waals surface area contributed by atoms with Gasteiger partial charge in [0.15, 0.2) is 11.6 Å². The smallest absolute Gasteiger partial charge is 0.248 e. The zero-order valence-corrected chi connectivity index (χ0v) is 17.3. The average molecular weight is 417 g/mol. The maximum absolute atomic E-state index is 14.3. The molecule has 0 bridgehead atoms. The topological polar surface area (TPSA) is 54.5 Å². The third kappa shape index (κ3) is 5.28. The van der Waals surface area contributed by atoms with E-state index in [9.17, 15) is 9.18 Å². The molecule has 0 atom stereocenters. The largest absolute Gasteiger partial charge is 0.453 e. The van der Waals surface area contributed by atoms with Gasteiger partial charge in [-0.2, -0.15) is 0 Å². The van der Waals surface area contributed by atoms with Crippen molar-refractivity contribution in [3.8, 4) is 11.5 Å². The zero-order chi connectivity index (χ0) is 21.6. The predicted molar refractivity (Wildman–Crippen MR) is 121 cm³/mol. The number of aryl methyl sites for hydroxylation is 1. The minimum absolute atomic E-state index is 0.100. The Hall–Kier alpha value is -3.67. The molecule has 1 aromatic heterocycles. The van der Waals surface area contributed by atoms with Crippen LogP contribution in [-0.4, -0.2) is 24.0 Å². The van der Waals surface area contributed by atoms with Crippen molar-refractivity contribution in [3.63, 3.8) is 0 Å². The van der Waals surface area contributed by atoms with E-state index in [0.29, 0.717) is 11.3 Å². The zero-order valence-electron chi connectivity index (χ0n) is 17.3. The van der Waals surface area contributed by atoms with Gasteiger partial charge in [0, 0.05) is 36.7 Å². The van der Waals surface area contributed by atoms with Crippen LogP contribution in [0.4, 0.5) is 15.8 Å². The van der Waals surface area contributed by atoms with E-state index in [0.717, 1.165) is 24.3 Å². The number of hydrogen-bond donors (Lipinski definition) is 1. The molecule has 2 aromatic carbocycles. The summed E-state index contributed by atoms with van der Waals surface area (Å²) < 4.78 is 19.8. The lowest BCUT2D eigenvalue weighted by Gasteiger charge is -2.20. The maximum atomic E-state index is 14.3. The first-order valence-corrected chi connectivity index (χ1v) is 10.3. The van der Waals surface area contributed by atoms with E-state index in [1.807, 2.05) is 12.1 Å². The van der Waals surface area contributed by atoms with Gasteiger partial charge in [0.05, 0.1) is 6.20 Å². The van der Waals surface area contributed by atoms with Crippen molar-refractivity contribution < 1.29 is 13.9 Å². The molecule has 158 valence electrons. The van der Waals surface area contributed by atoms with E-state index in [1.165, 1.54) is 42.9 Å². The van der Waals surface area contributed by atoms with Crippen LogP contribution in [0.15, 0.2) is 67.0 Å². The number of nitrogens with zero attached hydrogens (tertiary/aromatic N) is 2. The van der Waals surface area contributed by atoms with Crippen LogP contribution >= 0.6 is 0 Å².